The van der Waals surface area contributed by atoms with Crippen LogP contribution in [0, 0.1) is 11.2 Å². The van der Waals surface area contributed by atoms with Crippen LogP contribution >= 0.6 is 11.6 Å². The van der Waals surface area contributed by atoms with E-state index in [1.807, 2.05) is 0 Å². The molecule has 3 rings (SSSR count). The Morgan fingerprint density at radius 1 is 1.21 bits per heavy atom. The largest absolute Gasteiger partial charge is 0.503 e. The topological polar surface area (TPSA) is 66.8 Å². The Bertz CT molecular complexity index is 1030. The summed E-state index contributed by atoms with van der Waals surface area (Å²) < 4.78 is 18.9. The fourth-order valence-corrected chi connectivity index (χ4v) is 3.44. The van der Waals surface area contributed by atoms with Gasteiger partial charge in [0.15, 0.2) is 11.5 Å². The van der Waals surface area contributed by atoms with Crippen LogP contribution < -0.4 is 9.64 Å². The first-order valence-corrected chi connectivity index (χ1v) is 9.34. The minimum absolute atomic E-state index is 0.0174. The second kappa shape index (κ2) is 7.52. The molecule has 0 bridgehead atoms. The average Bonchev–Trinajstić information content (AvgIpc) is 2.94. The fraction of sp³-hybridized carbons (Fsp3) is 0.273. The van der Waals surface area contributed by atoms with Crippen molar-refractivity contribution >= 4 is 29.0 Å². The van der Waals surface area contributed by atoms with Crippen molar-refractivity contribution in [3.8, 4) is 5.75 Å². The van der Waals surface area contributed by atoms with Gasteiger partial charge in [-0.25, -0.2) is 4.39 Å². The zero-order valence-electron chi connectivity index (χ0n) is 16.5. The molecule has 0 saturated heterocycles. The maximum Gasteiger partial charge on any atom is 0.294 e. The summed E-state index contributed by atoms with van der Waals surface area (Å²) in [6, 6.07) is 9.76. The molecular formula is C22H21ClFNO4. The summed E-state index contributed by atoms with van der Waals surface area (Å²) in [5.74, 6) is -1.86. The van der Waals surface area contributed by atoms with E-state index in [1.165, 1.54) is 24.1 Å². The van der Waals surface area contributed by atoms with Gasteiger partial charge in [0.1, 0.15) is 11.6 Å². The molecule has 1 atom stereocenters. The number of aliphatic hydroxyl groups is 1. The van der Waals surface area contributed by atoms with Crippen molar-refractivity contribution < 1.29 is 23.8 Å². The van der Waals surface area contributed by atoms with E-state index in [9.17, 15) is 19.1 Å². The minimum Gasteiger partial charge on any atom is -0.503 e. The Hall–Kier alpha value is -2.86. The van der Waals surface area contributed by atoms with Crippen molar-refractivity contribution in [2.75, 3.05) is 12.0 Å². The van der Waals surface area contributed by atoms with Crippen LogP contribution in [0.1, 0.15) is 32.4 Å². The van der Waals surface area contributed by atoms with E-state index in [0.717, 1.165) is 6.07 Å². The Balaban J connectivity index is 2.23. The monoisotopic (exact) mass is 417 g/mol. The number of anilines is 1. The van der Waals surface area contributed by atoms with Crippen LogP contribution in [0.2, 0.25) is 5.02 Å². The molecule has 1 aliphatic heterocycles. The third-order valence-electron chi connectivity index (χ3n) is 4.72. The van der Waals surface area contributed by atoms with Gasteiger partial charge in [0.2, 0.25) is 0 Å². The van der Waals surface area contributed by atoms with Crippen LogP contribution in [0.5, 0.6) is 5.75 Å². The molecule has 7 heteroatoms. The van der Waals surface area contributed by atoms with Gasteiger partial charge in [-0.15, -0.1) is 0 Å². The average molecular weight is 418 g/mol. The highest BCUT2D eigenvalue weighted by Gasteiger charge is 2.46. The molecule has 1 unspecified atom stereocenters. The Morgan fingerprint density at radius 2 is 1.90 bits per heavy atom. The van der Waals surface area contributed by atoms with Crippen molar-refractivity contribution in [2.24, 2.45) is 5.41 Å². The molecule has 0 radical (unpaired) electrons. The van der Waals surface area contributed by atoms with Gasteiger partial charge in [0.05, 0.1) is 23.7 Å². The standard InChI is InChI=1S/C22H21ClFNO4/c1-22(2,3)20(27)17-18(12-6-5-7-14(10-12)29-4)25(21(28)19(17)26)13-8-9-16(24)15(23)11-13/h5-11,18,26H,1-4H3. The highest BCUT2D eigenvalue weighted by atomic mass is 35.5. The summed E-state index contributed by atoms with van der Waals surface area (Å²) in [5, 5.41) is 10.5. The second-order valence-electron chi connectivity index (χ2n) is 7.79. The van der Waals surface area contributed by atoms with Gasteiger partial charge >= 0.3 is 0 Å². The molecular weight excluding hydrogens is 397 g/mol. The molecule has 1 aliphatic rings. The van der Waals surface area contributed by atoms with Gasteiger partial charge in [-0.1, -0.05) is 44.5 Å². The number of hydrogen-bond donors (Lipinski definition) is 1. The molecule has 0 aliphatic carbocycles. The lowest BCUT2D eigenvalue weighted by molar-refractivity contribution is -0.123. The summed E-state index contributed by atoms with van der Waals surface area (Å²) in [6.07, 6.45) is 0. The number of Topliss-reactive ketones (excluding diaryl/α,β-unsaturated/α-hetero) is 1. The number of carbonyl (C=O) groups excluding carboxylic acids is 2. The maximum absolute atomic E-state index is 13.7. The van der Waals surface area contributed by atoms with Crippen LogP contribution in [0.3, 0.4) is 0 Å². The van der Waals surface area contributed by atoms with Gasteiger partial charge in [-0.2, -0.15) is 0 Å². The number of hydrogen-bond acceptors (Lipinski definition) is 4. The Labute approximate surface area is 173 Å². The molecule has 2 aromatic carbocycles. The number of aliphatic hydroxyl groups excluding tert-OH is 1. The summed E-state index contributed by atoms with van der Waals surface area (Å²) >= 11 is 5.91. The van der Waals surface area contributed by atoms with E-state index in [0.29, 0.717) is 11.3 Å². The first-order chi connectivity index (χ1) is 13.6. The van der Waals surface area contributed by atoms with E-state index in [1.54, 1.807) is 45.0 Å². The van der Waals surface area contributed by atoms with Crippen LogP contribution in [0.4, 0.5) is 10.1 Å². The van der Waals surface area contributed by atoms with Crippen LogP contribution in [0.15, 0.2) is 53.8 Å². The van der Waals surface area contributed by atoms with Crippen molar-refractivity contribution in [2.45, 2.75) is 26.8 Å². The summed E-state index contributed by atoms with van der Waals surface area (Å²) in [5.41, 5.74) is -0.0274. The quantitative estimate of drug-likeness (QED) is 0.759. The molecule has 0 saturated carbocycles. The smallest absolute Gasteiger partial charge is 0.294 e. The predicted molar refractivity (Wildman–Crippen MR) is 109 cm³/mol. The summed E-state index contributed by atoms with van der Waals surface area (Å²) in [6.45, 7) is 5.13. The molecule has 29 heavy (non-hydrogen) atoms. The third-order valence-corrected chi connectivity index (χ3v) is 5.01. The highest BCUT2D eigenvalue weighted by Crippen LogP contribution is 2.44. The van der Waals surface area contributed by atoms with E-state index in [2.05, 4.69) is 0 Å². The SMILES string of the molecule is COc1cccc(C2C(C(=O)C(C)(C)C)=C(O)C(=O)N2c2ccc(F)c(Cl)c2)c1. The van der Waals surface area contributed by atoms with Gasteiger partial charge in [-0.05, 0) is 35.9 Å². The van der Waals surface area contributed by atoms with Gasteiger partial charge in [0.25, 0.3) is 5.91 Å². The van der Waals surface area contributed by atoms with Gasteiger partial charge < -0.3 is 9.84 Å². The zero-order valence-corrected chi connectivity index (χ0v) is 17.2. The fourth-order valence-electron chi connectivity index (χ4n) is 3.27. The molecule has 5 nitrogen and oxygen atoms in total. The van der Waals surface area contributed by atoms with Gasteiger partial charge in [-0.3, -0.25) is 14.5 Å². The first-order valence-electron chi connectivity index (χ1n) is 8.96. The zero-order chi connectivity index (χ0) is 21.5. The number of ketones is 1. The first kappa shape index (κ1) is 20.9. The molecule has 1 N–H and O–H groups in total. The van der Waals surface area contributed by atoms with E-state index >= 15 is 0 Å². The molecule has 152 valence electrons. The maximum atomic E-state index is 13.7. The molecule has 0 spiro atoms. The number of nitrogens with zero attached hydrogens (tertiary/aromatic N) is 1. The van der Waals surface area contributed by atoms with E-state index in [4.69, 9.17) is 16.3 Å². The van der Waals surface area contributed by atoms with Gasteiger partial charge in [0, 0.05) is 11.1 Å². The lowest BCUT2D eigenvalue weighted by Crippen LogP contribution is -2.32. The molecule has 0 aromatic heterocycles. The molecule has 1 heterocycles. The molecule has 0 fully saturated rings. The van der Waals surface area contributed by atoms with Crippen molar-refractivity contribution in [3.05, 3.63) is 70.2 Å². The number of benzene rings is 2. The van der Waals surface area contributed by atoms with E-state index < -0.39 is 28.9 Å². The second-order valence-corrected chi connectivity index (χ2v) is 8.20. The van der Waals surface area contributed by atoms with Crippen LogP contribution in [0.25, 0.3) is 0 Å². The third kappa shape index (κ3) is 3.72. The predicted octanol–water partition coefficient (Wildman–Crippen LogP) is 5.00. The normalized spacial score (nSPS) is 17.1. The number of methoxy groups -OCH3 is 1. The van der Waals surface area contributed by atoms with Crippen LogP contribution in [-0.2, 0) is 9.59 Å². The molecule has 1 amide bonds. The number of carbonyl (C=O) groups is 2. The summed E-state index contributed by atoms with van der Waals surface area (Å²) in [4.78, 5) is 27.4. The lowest BCUT2D eigenvalue weighted by atomic mass is 9.82. The molecule has 2 aromatic rings. The van der Waals surface area contributed by atoms with Crippen LogP contribution in [-0.4, -0.2) is 23.9 Å². The van der Waals surface area contributed by atoms with E-state index in [-0.39, 0.29) is 22.1 Å². The van der Waals surface area contributed by atoms with Crippen molar-refractivity contribution in [3.63, 3.8) is 0 Å². The van der Waals surface area contributed by atoms with Crippen molar-refractivity contribution in [1.82, 2.24) is 0 Å². The highest BCUT2D eigenvalue weighted by molar-refractivity contribution is 6.31. The number of amides is 1. The Kier molecular flexibility index (Phi) is 5.41. The number of rotatable bonds is 4. The number of ether oxygens (including phenoxy) is 1. The summed E-state index contributed by atoms with van der Waals surface area (Å²) in [7, 11) is 1.50. The Morgan fingerprint density at radius 3 is 2.48 bits per heavy atom. The number of halogens is 2. The minimum atomic E-state index is -0.911. The van der Waals surface area contributed by atoms with Crippen molar-refractivity contribution in [1.29, 1.82) is 0 Å². The lowest BCUT2D eigenvalue weighted by Gasteiger charge is -2.29.